The van der Waals surface area contributed by atoms with E-state index in [1.165, 1.54) is 6.07 Å². The third-order valence-electron chi connectivity index (χ3n) is 1.80. The minimum Gasteiger partial charge on any atom is -0.489 e. The van der Waals surface area contributed by atoms with Crippen molar-refractivity contribution < 1.29 is 18.7 Å². The number of ether oxygens (including phenoxy) is 2. The minimum atomic E-state index is -0.669. The van der Waals surface area contributed by atoms with Crippen LogP contribution < -0.4 is 4.74 Å². The summed E-state index contributed by atoms with van der Waals surface area (Å²) in [6.45, 7) is 3.92. The summed E-state index contributed by atoms with van der Waals surface area (Å²) in [5.74, 6) is -1.32. The van der Waals surface area contributed by atoms with Crippen molar-refractivity contribution in [2.75, 3.05) is 13.2 Å². The van der Waals surface area contributed by atoms with Gasteiger partial charge >= 0.3 is 5.97 Å². The molecule has 0 aliphatic carbocycles. The fraction of sp³-hybridized carbons (Fsp3) is 0.364. The van der Waals surface area contributed by atoms with Gasteiger partial charge in [-0.3, -0.25) is 0 Å². The number of esters is 1. The zero-order valence-corrected chi connectivity index (χ0v) is 9.81. The number of hydrogen-bond donors (Lipinski definition) is 0. The highest BCUT2D eigenvalue weighted by Gasteiger charge is 2.15. The summed E-state index contributed by atoms with van der Waals surface area (Å²) < 4.78 is 23.2. The van der Waals surface area contributed by atoms with Crippen molar-refractivity contribution in [2.45, 2.75) is 13.8 Å². The summed E-state index contributed by atoms with van der Waals surface area (Å²) in [6, 6.07) is 2.38. The van der Waals surface area contributed by atoms with Gasteiger partial charge in [-0.1, -0.05) is 11.6 Å². The molecule has 0 N–H and O–H groups in total. The minimum absolute atomic E-state index is 0.0442. The second kappa shape index (κ2) is 5.70. The molecule has 0 heterocycles. The van der Waals surface area contributed by atoms with Crippen molar-refractivity contribution in [3.63, 3.8) is 0 Å². The predicted molar refractivity (Wildman–Crippen MR) is 58.5 cm³/mol. The topological polar surface area (TPSA) is 35.5 Å². The largest absolute Gasteiger partial charge is 0.489 e. The third-order valence-corrected chi connectivity index (χ3v) is 2.08. The van der Waals surface area contributed by atoms with Crippen LogP contribution in [0.4, 0.5) is 4.39 Å². The SMILES string of the molecule is CCOC(=O)c1cc(F)c(OCC)c(Cl)c1. The number of carbonyl (C=O) groups is 1. The Labute approximate surface area is 98.1 Å². The van der Waals surface area contributed by atoms with E-state index >= 15 is 0 Å². The van der Waals surface area contributed by atoms with Crippen LogP contribution in [0.2, 0.25) is 5.02 Å². The standard InChI is InChI=1S/C11H12ClFO3/c1-3-15-10-8(12)5-7(6-9(10)13)11(14)16-4-2/h5-6H,3-4H2,1-2H3. The highest BCUT2D eigenvalue weighted by Crippen LogP contribution is 2.29. The Morgan fingerprint density at radius 2 is 2.06 bits per heavy atom. The van der Waals surface area contributed by atoms with E-state index < -0.39 is 11.8 Å². The summed E-state index contributed by atoms with van der Waals surface area (Å²) in [4.78, 5) is 11.3. The lowest BCUT2D eigenvalue weighted by Gasteiger charge is -2.08. The molecule has 0 atom stereocenters. The van der Waals surface area contributed by atoms with Crippen LogP contribution in [-0.2, 0) is 4.74 Å². The van der Waals surface area contributed by atoms with E-state index in [2.05, 4.69) is 0 Å². The zero-order chi connectivity index (χ0) is 12.1. The van der Waals surface area contributed by atoms with Gasteiger partial charge in [0.2, 0.25) is 0 Å². The van der Waals surface area contributed by atoms with Crippen LogP contribution in [-0.4, -0.2) is 19.2 Å². The Bertz CT molecular complexity index is 370. The second-order valence-corrected chi connectivity index (χ2v) is 3.33. The van der Waals surface area contributed by atoms with Gasteiger partial charge in [-0.15, -0.1) is 0 Å². The maximum Gasteiger partial charge on any atom is 0.338 e. The summed E-state index contributed by atoms with van der Waals surface area (Å²) in [6.07, 6.45) is 0. The van der Waals surface area contributed by atoms with Gasteiger partial charge in [-0.2, -0.15) is 0 Å². The van der Waals surface area contributed by atoms with E-state index in [1.807, 2.05) is 0 Å². The van der Waals surface area contributed by atoms with Gasteiger partial charge in [0.25, 0.3) is 0 Å². The first-order chi connectivity index (χ1) is 7.60. The Kier molecular flexibility index (Phi) is 4.55. The van der Waals surface area contributed by atoms with Crippen LogP contribution in [0.5, 0.6) is 5.75 Å². The molecule has 0 aliphatic heterocycles. The van der Waals surface area contributed by atoms with Gasteiger partial charge in [0.1, 0.15) is 0 Å². The summed E-state index contributed by atoms with van der Waals surface area (Å²) in [7, 11) is 0. The number of benzene rings is 1. The molecule has 0 fully saturated rings. The molecule has 88 valence electrons. The maximum atomic E-state index is 13.5. The average Bonchev–Trinajstić information content (AvgIpc) is 2.23. The van der Waals surface area contributed by atoms with Gasteiger partial charge in [0.05, 0.1) is 23.8 Å². The molecular weight excluding hydrogens is 235 g/mol. The molecule has 1 aromatic carbocycles. The van der Waals surface area contributed by atoms with Gasteiger partial charge in [-0.05, 0) is 26.0 Å². The summed E-state index contributed by atoms with van der Waals surface area (Å²) in [5, 5.41) is 0.0601. The van der Waals surface area contributed by atoms with Crippen LogP contribution in [0.15, 0.2) is 12.1 Å². The van der Waals surface area contributed by atoms with E-state index in [0.29, 0.717) is 6.61 Å². The summed E-state index contributed by atoms with van der Waals surface area (Å²) in [5.41, 5.74) is 0.0767. The van der Waals surface area contributed by atoms with Gasteiger partial charge in [0.15, 0.2) is 11.6 Å². The lowest BCUT2D eigenvalue weighted by Crippen LogP contribution is -2.06. The molecule has 0 aliphatic rings. The normalized spacial score (nSPS) is 10.0. The average molecular weight is 247 g/mol. The van der Waals surface area contributed by atoms with Gasteiger partial charge in [-0.25, -0.2) is 9.18 Å². The number of halogens is 2. The lowest BCUT2D eigenvalue weighted by molar-refractivity contribution is 0.0525. The van der Waals surface area contributed by atoms with Crippen LogP contribution in [0.25, 0.3) is 0 Å². The lowest BCUT2D eigenvalue weighted by atomic mass is 10.2. The van der Waals surface area contributed by atoms with Crippen molar-refractivity contribution in [2.24, 2.45) is 0 Å². The highest BCUT2D eigenvalue weighted by atomic mass is 35.5. The molecule has 1 rings (SSSR count). The molecular formula is C11H12ClFO3. The van der Waals surface area contributed by atoms with E-state index in [0.717, 1.165) is 6.07 Å². The molecule has 0 amide bonds. The van der Waals surface area contributed by atoms with Crippen molar-refractivity contribution in [3.05, 3.63) is 28.5 Å². The molecule has 0 aromatic heterocycles. The molecule has 5 heteroatoms. The van der Waals surface area contributed by atoms with E-state index in [4.69, 9.17) is 21.1 Å². The molecule has 3 nitrogen and oxygen atoms in total. The Hall–Kier alpha value is -1.29. The third kappa shape index (κ3) is 2.85. The van der Waals surface area contributed by atoms with Crippen LogP contribution in [0.1, 0.15) is 24.2 Å². The number of hydrogen-bond acceptors (Lipinski definition) is 3. The Morgan fingerprint density at radius 3 is 2.56 bits per heavy atom. The Balaban J connectivity index is 3.04. The molecule has 0 radical (unpaired) electrons. The fourth-order valence-electron chi connectivity index (χ4n) is 1.17. The van der Waals surface area contributed by atoms with Crippen molar-refractivity contribution >= 4 is 17.6 Å². The molecule has 0 spiro atoms. The number of rotatable bonds is 4. The molecule has 16 heavy (non-hydrogen) atoms. The predicted octanol–water partition coefficient (Wildman–Crippen LogP) is 3.05. The van der Waals surface area contributed by atoms with Crippen molar-refractivity contribution in [1.82, 2.24) is 0 Å². The van der Waals surface area contributed by atoms with Gasteiger partial charge < -0.3 is 9.47 Å². The molecule has 0 unspecified atom stereocenters. The monoisotopic (exact) mass is 246 g/mol. The highest BCUT2D eigenvalue weighted by molar-refractivity contribution is 6.32. The van der Waals surface area contributed by atoms with E-state index in [-0.39, 0.29) is 22.9 Å². The van der Waals surface area contributed by atoms with Crippen LogP contribution in [0.3, 0.4) is 0 Å². The first kappa shape index (κ1) is 12.8. The summed E-state index contributed by atoms with van der Waals surface area (Å²) >= 11 is 5.78. The Morgan fingerprint density at radius 1 is 1.38 bits per heavy atom. The second-order valence-electron chi connectivity index (χ2n) is 2.92. The van der Waals surface area contributed by atoms with Crippen molar-refractivity contribution in [3.8, 4) is 5.75 Å². The first-order valence-corrected chi connectivity index (χ1v) is 5.26. The van der Waals surface area contributed by atoms with Gasteiger partial charge in [0, 0.05) is 0 Å². The maximum absolute atomic E-state index is 13.5. The molecule has 0 bridgehead atoms. The first-order valence-electron chi connectivity index (χ1n) is 4.89. The van der Waals surface area contributed by atoms with Crippen LogP contribution in [0, 0.1) is 5.82 Å². The number of carbonyl (C=O) groups excluding carboxylic acids is 1. The zero-order valence-electron chi connectivity index (χ0n) is 9.05. The fourth-order valence-corrected chi connectivity index (χ4v) is 1.44. The quantitative estimate of drug-likeness (QED) is 0.766. The molecule has 0 saturated carbocycles. The smallest absolute Gasteiger partial charge is 0.338 e. The van der Waals surface area contributed by atoms with Crippen LogP contribution >= 0.6 is 11.6 Å². The molecule has 0 saturated heterocycles. The van der Waals surface area contributed by atoms with Crippen molar-refractivity contribution in [1.29, 1.82) is 0 Å². The molecule has 1 aromatic rings. The van der Waals surface area contributed by atoms with E-state index in [9.17, 15) is 9.18 Å². The van der Waals surface area contributed by atoms with E-state index in [1.54, 1.807) is 13.8 Å².